The second kappa shape index (κ2) is 7.31. The summed E-state index contributed by atoms with van der Waals surface area (Å²) in [4.78, 5) is 8.50. The first-order valence-corrected chi connectivity index (χ1v) is 6.61. The molecule has 0 bridgehead atoms. The van der Waals surface area contributed by atoms with E-state index >= 15 is 0 Å². The Bertz CT molecular complexity index is 353. The third-order valence-electron chi connectivity index (χ3n) is 2.96. The molecule has 0 saturated carbocycles. The van der Waals surface area contributed by atoms with Crippen LogP contribution >= 0.6 is 0 Å². The molecule has 0 atom stereocenters. The molecule has 0 aliphatic carbocycles. The molecule has 0 fully saturated rings. The normalized spacial score (nSPS) is 11.6. The summed E-state index contributed by atoms with van der Waals surface area (Å²) in [6.45, 7) is 8.29. The number of rotatable bonds is 8. The molecular formula is C14H25N3O. The van der Waals surface area contributed by atoms with Crippen molar-refractivity contribution in [3.8, 4) is 0 Å². The average molecular weight is 251 g/mol. The summed E-state index contributed by atoms with van der Waals surface area (Å²) in [6, 6.07) is 2.04. The molecule has 0 amide bonds. The van der Waals surface area contributed by atoms with Crippen molar-refractivity contribution in [2.24, 2.45) is 5.41 Å². The van der Waals surface area contributed by atoms with Gasteiger partial charge in [-0.2, -0.15) is 0 Å². The SMILES string of the molecule is CCCc1cc(NCC(C)(C)CCOC)ncn1. The van der Waals surface area contributed by atoms with Crippen LogP contribution in [0.25, 0.3) is 0 Å². The second-order valence-electron chi connectivity index (χ2n) is 5.41. The molecule has 1 aromatic heterocycles. The summed E-state index contributed by atoms with van der Waals surface area (Å²) in [5.41, 5.74) is 1.30. The number of anilines is 1. The highest BCUT2D eigenvalue weighted by Gasteiger charge is 2.17. The molecule has 0 spiro atoms. The fourth-order valence-electron chi connectivity index (χ4n) is 1.68. The summed E-state index contributed by atoms with van der Waals surface area (Å²) in [7, 11) is 1.74. The fraction of sp³-hybridized carbons (Fsp3) is 0.714. The Morgan fingerprint density at radius 2 is 2.11 bits per heavy atom. The van der Waals surface area contributed by atoms with Gasteiger partial charge >= 0.3 is 0 Å². The molecule has 1 rings (SSSR count). The van der Waals surface area contributed by atoms with Gasteiger partial charge in [0.05, 0.1) is 0 Å². The minimum atomic E-state index is 0.200. The van der Waals surface area contributed by atoms with Crippen molar-refractivity contribution in [3.05, 3.63) is 18.1 Å². The van der Waals surface area contributed by atoms with Gasteiger partial charge in [-0.3, -0.25) is 0 Å². The van der Waals surface area contributed by atoms with E-state index in [0.29, 0.717) is 0 Å². The van der Waals surface area contributed by atoms with E-state index in [1.165, 1.54) is 0 Å². The first-order chi connectivity index (χ1) is 8.57. The van der Waals surface area contributed by atoms with E-state index in [9.17, 15) is 0 Å². The van der Waals surface area contributed by atoms with Crippen molar-refractivity contribution in [1.82, 2.24) is 9.97 Å². The molecular weight excluding hydrogens is 226 g/mol. The minimum absolute atomic E-state index is 0.200. The topological polar surface area (TPSA) is 47.0 Å². The van der Waals surface area contributed by atoms with Crippen LogP contribution in [0.3, 0.4) is 0 Å². The van der Waals surface area contributed by atoms with Gasteiger partial charge in [-0.1, -0.05) is 27.2 Å². The van der Waals surface area contributed by atoms with Gasteiger partial charge in [0.15, 0.2) is 0 Å². The molecule has 0 radical (unpaired) electrons. The van der Waals surface area contributed by atoms with Crippen LogP contribution in [0.4, 0.5) is 5.82 Å². The summed E-state index contributed by atoms with van der Waals surface area (Å²) < 4.78 is 5.13. The number of ether oxygens (including phenoxy) is 1. The maximum atomic E-state index is 5.13. The van der Waals surface area contributed by atoms with Crippen molar-refractivity contribution in [2.45, 2.75) is 40.0 Å². The van der Waals surface area contributed by atoms with Crippen molar-refractivity contribution in [1.29, 1.82) is 0 Å². The molecule has 102 valence electrons. The van der Waals surface area contributed by atoms with Crippen molar-refractivity contribution in [3.63, 3.8) is 0 Å². The predicted octanol–water partition coefficient (Wildman–Crippen LogP) is 2.90. The molecule has 4 heteroatoms. The third kappa shape index (κ3) is 5.45. The molecule has 1 aromatic rings. The largest absolute Gasteiger partial charge is 0.385 e. The number of hydrogen-bond acceptors (Lipinski definition) is 4. The Kier molecular flexibility index (Phi) is 6.05. The lowest BCUT2D eigenvalue weighted by molar-refractivity contribution is 0.157. The first kappa shape index (κ1) is 14.9. The van der Waals surface area contributed by atoms with Crippen LogP contribution < -0.4 is 5.32 Å². The van der Waals surface area contributed by atoms with Crippen LogP contribution in [0.2, 0.25) is 0 Å². The van der Waals surface area contributed by atoms with Crippen molar-refractivity contribution < 1.29 is 4.74 Å². The maximum Gasteiger partial charge on any atom is 0.129 e. The van der Waals surface area contributed by atoms with Crippen LogP contribution in [0.5, 0.6) is 0 Å². The smallest absolute Gasteiger partial charge is 0.129 e. The van der Waals surface area contributed by atoms with E-state index in [-0.39, 0.29) is 5.41 Å². The quantitative estimate of drug-likeness (QED) is 0.771. The highest BCUT2D eigenvalue weighted by molar-refractivity contribution is 5.35. The predicted molar refractivity (Wildman–Crippen MR) is 74.8 cm³/mol. The van der Waals surface area contributed by atoms with Gasteiger partial charge in [0.1, 0.15) is 12.1 Å². The zero-order valence-corrected chi connectivity index (χ0v) is 12.0. The second-order valence-corrected chi connectivity index (χ2v) is 5.41. The molecule has 1 heterocycles. The Morgan fingerprint density at radius 1 is 1.33 bits per heavy atom. The summed E-state index contributed by atoms with van der Waals surface area (Å²) in [5.74, 6) is 0.916. The van der Waals surface area contributed by atoms with Gasteiger partial charge < -0.3 is 10.1 Å². The Balaban J connectivity index is 2.49. The van der Waals surface area contributed by atoms with Gasteiger partial charge in [-0.05, 0) is 18.3 Å². The van der Waals surface area contributed by atoms with Gasteiger partial charge in [-0.25, -0.2) is 9.97 Å². The summed E-state index contributed by atoms with van der Waals surface area (Å²) in [5, 5.41) is 3.39. The monoisotopic (exact) mass is 251 g/mol. The maximum absolute atomic E-state index is 5.13. The molecule has 1 N–H and O–H groups in total. The Labute approximate surface area is 110 Å². The zero-order chi connectivity index (χ0) is 13.4. The van der Waals surface area contributed by atoms with E-state index in [2.05, 4.69) is 36.1 Å². The number of nitrogens with one attached hydrogen (secondary N) is 1. The van der Waals surface area contributed by atoms with Crippen molar-refractivity contribution in [2.75, 3.05) is 25.6 Å². The van der Waals surface area contributed by atoms with Crippen LogP contribution in [0.1, 0.15) is 39.3 Å². The van der Waals surface area contributed by atoms with E-state index in [1.54, 1.807) is 13.4 Å². The Morgan fingerprint density at radius 3 is 2.78 bits per heavy atom. The fourth-order valence-corrected chi connectivity index (χ4v) is 1.68. The third-order valence-corrected chi connectivity index (χ3v) is 2.96. The van der Waals surface area contributed by atoms with E-state index in [4.69, 9.17) is 4.74 Å². The summed E-state index contributed by atoms with van der Waals surface area (Å²) in [6.07, 6.45) is 4.78. The van der Waals surface area contributed by atoms with E-state index < -0.39 is 0 Å². The Hall–Kier alpha value is -1.16. The summed E-state index contributed by atoms with van der Waals surface area (Å²) >= 11 is 0. The molecule has 0 aliphatic rings. The lowest BCUT2D eigenvalue weighted by Crippen LogP contribution is -2.25. The lowest BCUT2D eigenvalue weighted by Gasteiger charge is -2.24. The molecule has 18 heavy (non-hydrogen) atoms. The van der Waals surface area contributed by atoms with Crippen LogP contribution in [-0.2, 0) is 11.2 Å². The van der Waals surface area contributed by atoms with Crippen molar-refractivity contribution >= 4 is 5.82 Å². The van der Waals surface area contributed by atoms with Gasteiger partial charge in [0.25, 0.3) is 0 Å². The number of aromatic nitrogens is 2. The number of hydrogen-bond donors (Lipinski definition) is 1. The molecule has 0 unspecified atom stereocenters. The van der Waals surface area contributed by atoms with E-state index in [1.807, 2.05) is 6.07 Å². The zero-order valence-electron chi connectivity index (χ0n) is 12.0. The van der Waals surface area contributed by atoms with Crippen LogP contribution in [-0.4, -0.2) is 30.2 Å². The average Bonchev–Trinajstić information content (AvgIpc) is 2.35. The molecule has 4 nitrogen and oxygen atoms in total. The minimum Gasteiger partial charge on any atom is -0.385 e. The standard InChI is InChI=1S/C14H25N3O/c1-5-6-12-9-13(17-11-16-12)15-10-14(2,3)7-8-18-4/h9,11H,5-8,10H2,1-4H3,(H,15,16,17). The van der Waals surface area contributed by atoms with Crippen LogP contribution in [0.15, 0.2) is 12.4 Å². The molecule has 0 saturated heterocycles. The first-order valence-electron chi connectivity index (χ1n) is 6.61. The van der Waals surface area contributed by atoms with Gasteiger partial charge in [0, 0.05) is 32.0 Å². The number of nitrogens with zero attached hydrogens (tertiary/aromatic N) is 2. The lowest BCUT2D eigenvalue weighted by atomic mass is 9.90. The van der Waals surface area contributed by atoms with E-state index in [0.717, 1.165) is 43.9 Å². The molecule has 0 aliphatic heterocycles. The number of methoxy groups -OCH3 is 1. The molecule has 0 aromatic carbocycles. The van der Waals surface area contributed by atoms with Gasteiger partial charge in [-0.15, -0.1) is 0 Å². The van der Waals surface area contributed by atoms with Crippen LogP contribution in [0, 0.1) is 5.41 Å². The highest BCUT2D eigenvalue weighted by atomic mass is 16.5. The number of aryl methyl sites for hydroxylation is 1. The highest BCUT2D eigenvalue weighted by Crippen LogP contribution is 2.20. The van der Waals surface area contributed by atoms with Gasteiger partial charge in [0.2, 0.25) is 0 Å².